The Morgan fingerprint density at radius 2 is 1.58 bits per heavy atom. The van der Waals surface area contributed by atoms with E-state index in [1.165, 1.54) is 0 Å². The number of hydrogen-bond acceptors (Lipinski definition) is 4. The first-order valence-corrected chi connectivity index (χ1v) is 9.07. The first kappa shape index (κ1) is 18.1. The first-order valence-electron chi connectivity index (χ1n) is 7.79. The lowest BCUT2D eigenvalue weighted by atomic mass is 10.2. The van der Waals surface area contributed by atoms with E-state index < -0.39 is 0 Å². The fraction of sp³-hybridized carbons (Fsp3) is 0.263. The molecular weight excluding hydrogens is 322 g/mol. The third-order valence-corrected chi connectivity index (χ3v) is 4.61. The number of benzene rings is 2. The predicted molar refractivity (Wildman–Crippen MR) is 97.4 cm³/mol. The number of amides is 1. The number of carbonyl (C=O) groups excluding carboxylic acids is 2. The molecule has 1 amide bonds. The fourth-order valence-corrected chi connectivity index (χ4v) is 2.72. The molecule has 1 unspecified atom stereocenters. The molecule has 0 aromatic heterocycles. The number of esters is 1. The van der Waals surface area contributed by atoms with Gasteiger partial charge in [0.05, 0.1) is 12.2 Å². The van der Waals surface area contributed by atoms with Crippen molar-refractivity contribution in [2.24, 2.45) is 0 Å². The second-order valence-corrected chi connectivity index (χ2v) is 6.36. The van der Waals surface area contributed by atoms with E-state index in [1.807, 2.05) is 30.5 Å². The number of ether oxygens (including phenoxy) is 1. The van der Waals surface area contributed by atoms with Gasteiger partial charge in [0.25, 0.3) is 5.91 Å². The summed E-state index contributed by atoms with van der Waals surface area (Å²) in [6.07, 6.45) is 2.67. The molecule has 0 spiro atoms. The average molecular weight is 343 g/mol. The summed E-state index contributed by atoms with van der Waals surface area (Å²) in [7, 11) is 0. The number of thioether (sulfide) groups is 1. The number of hydrogen-bond donors (Lipinski definition) is 1. The molecule has 5 heteroatoms. The Labute approximate surface area is 146 Å². The van der Waals surface area contributed by atoms with Gasteiger partial charge in [-0.05, 0) is 36.9 Å². The van der Waals surface area contributed by atoms with Crippen molar-refractivity contribution in [2.45, 2.75) is 11.7 Å². The maximum atomic E-state index is 12.0. The van der Waals surface area contributed by atoms with Crippen molar-refractivity contribution >= 4 is 23.6 Å². The molecule has 0 bridgehead atoms. The van der Waals surface area contributed by atoms with Crippen molar-refractivity contribution in [3.05, 3.63) is 71.8 Å². The van der Waals surface area contributed by atoms with Gasteiger partial charge in [0.1, 0.15) is 0 Å². The molecule has 1 atom stereocenters. The Morgan fingerprint density at radius 1 is 1.00 bits per heavy atom. The van der Waals surface area contributed by atoms with Gasteiger partial charge in [0, 0.05) is 17.4 Å². The Balaban J connectivity index is 1.72. The van der Waals surface area contributed by atoms with E-state index in [9.17, 15) is 9.59 Å². The summed E-state index contributed by atoms with van der Waals surface area (Å²) in [6, 6.07) is 18.0. The quantitative estimate of drug-likeness (QED) is 0.747. The van der Waals surface area contributed by atoms with E-state index in [1.54, 1.807) is 48.2 Å². The lowest BCUT2D eigenvalue weighted by Gasteiger charge is -2.15. The maximum Gasteiger partial charge on any atom is 0.338 e. The zero-order valence-corrected chi connectivity index (χ0v) is 14.4. The highest BCUT2D eigenvalue weighted by Gasteiger charge is 2.12. The SMILES string of the molecule is CSC(CCOC(=O)c1ccccc1)CNC(=O)c1ccccc1. The Morgan fingerprint density at radius 3 is 2.17 bits per heavy atom. The zero-order chi connectivity index (χ0) is 17.2. The summed E-state index contributed by atoms with van der Waals surface area (Å²) >= 11 is 1.65. The molecule has 126 valence electrons. The van der Waals surface area contributed by atoms with Crippen molar-refractivity contribution in [2.75, 3.05) is 19.4 Å². The van der Waals surface area contributed by atoms with Crippen LogP contribution in [0.15, 0.2) is 60.7 Å². The molecule has 0 heterocycles. The van der Waals surface area contributed by atoms with Gasteiger partial charge in [0.2, 0.25) is 0 Å². The lowest BCUT2D eigenvalue weighted by Crippen LogP contribution is -2.31. The fourth-order valence-electron chi connectivity index (χ4n) is 2.14. The lowest BCUT2D eigenvalue weighted by molar-refractivity contribution is 0.0499. The molecule has 0 aliphatic rings. The van der Waals surface area contributed by atoms with Gasteiger partial charge in [-0.1, -0.05) is 36.4 Å². The first-order chi connectivity index (χ1) is 11.7. The molecule has 4 nitrogen and oxygen atoms in total. The maximum absolute atomic E-state index is 12.0. The van der Waals surface area contributed by atoms with Crippen LogP contribution in [0.4, 0.5) is 0 Å². The minimum Gasteiger partial charge on any atom is -0.462 e. The van der Waals surface area contributed by atoms with Crippen LogP contribution in [0.5, 0.6) is 0 Å². The normalized spacial score (nSPS) is 11.5. The highest BCUT2D eigenvalue weighted by atomic mass is 32.2. The van der Waals surface area contributed by atoms with Crippen LogP contribution in [0.3, 0.4) is 0 Å². The van der Waals surface area contributed by atoms with Crippen LogP contribution in [-0.4, -0.2) is 36.5 Å². The van der Waals surface area contributed by atoms with Crippen LogP contribution in [-0.2, 0) is 4.74 Å². The summed E-state index contributed by atoms with van der Waals surface area (Å²) in [5.74, 6) is -0.403. The Hall–Kier alpha value is -2.27. The molecule has 0 aliphatic carbocycles. The largest absolute Gasteiger partial charge is 0.462 e. The molecule has 0 saturated heterocycles. The van der Waals surface area contributed by atoms with Crippen molar-refractivity contribution in [1.82, 2.24) is 5.32 Å². The predicted octanol–water partition coefficient (Wildman–Crippen LogP) is 3.40. The molecule has 0 fully saturated rings. The molecule has 2 aromatic carbocycles. The molecule has 0 radical (unpaired) electrons. The molecule has 2 aromatic rings. The molecule has 1 N–H and O–H groups in total. The molecule has 24 heavy (non-hydrogen) atoms. The van der Waals surface area contributed by atoms with Gasteiger partial charge in [-0.3, -0.25) is 4.79 Å². The Kier molecular flexibility index (Phi) is 7.36. The number of carbonyl (C=O) groups is 2. The van der Waals surface area contributed by atoms with Crippen LogP contribution in [0.25, 0.3) is 0 Å². The van der Waals surface area contributed by atoms with E-state index in [4.69, 9.17) is 4.74 Å². The number of rotatable bonds is 8. The van der Waals surface area contributed by atoms with Gasteiger partial charge in [-0.2, -0.15) is 11.8 Å². The highest BCUT2D eigenvalue weighted by molar-refractivity contribution is 7.99. The second kappa shape index (κ2) is 9.78. The van der Waals surface area contributed by atoms with E-state index in [0.29, 0.717) is 30.7 Å². The Bertz CT molecular complexity index is 646. The van der Waals surface area contributed by atoms with Crippen molar-refractivity contribution in [3.8, 4) is 0 Å². The molecule has 0 aliphatic heterocycles. The van der Waals surface area contributed by atoms with Gasteiger partial charge in [-0.25, -0.2) is 4.79 Å². The van der Waals surface area contributed by atoms with Crippen LogP contribution < -0.4 is 5.32 Å². The summed E-state index contributed by atoms with van der Waals surface area (Å²) in [6.45, 7) is 0.873. The monoisotopic (exact) mass is 343 g/mol. The van der Waals surface area contributed by atoms with E-state index in [0.717, 1.165) is 0 Å². The summed E-state index contributed by atoms with van der Waals surface area (Å²) in [5.41, 5.74) is 1.20. The zero-order valence-electron chi connectivity index (χ0n) is 13.6. The topological polar surface area (TPSA) is 55.4 Å². The minimum atomic E-state index is -0.316. The van der Waals surface area contributed by atoms with Gasteiger partial charge in [0.15, 0.2) is 0 Å². The molecular formula is C19H21NO3S. The van der Waals surface area contributed by atoms with Crippen LogP contribution in [0.1, 0.15) is 27.1 Å². The van der Waals surface area contributed by atoms with Crippen LogP contribution >= 0.6 is 11.8 Å². The summed E-state index contributed by atoms with van der Waals surface area (Å²) in [4.78, 5) is 23.9. The summed E-state index contributed by atoms with van der Waals surface area (Å²) in [5, 5.41) is 3.12. The van der Waals surface area contributed by atoms with Crippen molar-refractivity contribution in [3.63, 3.8) is 0 Å². The van der Waals surface area contributed by atoms with Gasteiger partial charge < -0.3 is 10.1 Å². The minimum absolute atomic E-state index is 0.0871. The highest BCUT2D eigenvalue weighted by Crippen LogP contribution is 2.11. The molecule has 0 saturated carbocycles. The second-order valence-electron chi connectivity index (χ2n) is 5.22. The van der Waals surface area contributed by atoms with Crippen molar-refractivity contribution < 1.29 is 14.3 Å². The van der Waals surface area contributed by atoms with E-state index >= 15 is 0 Å². The smallest absolute Gasteiger partial charge is 0.338 e. The van der Waals surface area contributed by atoms with Crippen molar-refractivity contribution in [1.29, 1.82) is 0 Å². The third-order valence-electron chi connectivity index (χ3n) is 3.54. The summed E-state index contributed by atoms with van der Waals surface area (Å²) < 4.78 is 5.29. The van der Waals surface area contributed by atoms with E-state index in [-0.39, 0.29) is 17.1 Å². The van der Waals surface area contributed by atoms with Crippen LogP contribution in [0, 0.1) is 0 Å². The van der Waals surface area contributed by atoms with Crippen LogP contribution in [0.2, 0.25) is 0 Å². The molecule has 2 rings (SSSR count). The third kappa shape index (κ3) is 5.74. The van der Waals surface area contributed by atoms with E-state index in [2.05, 4.69) is 5.32 Å². The number of nitrogens with one attached hydrogen (secondary N) is 1. The standard InChI is InChI=1S/C19H21NO3S/c1-24-17(14-20-18(21)15-8-4-2-5-9-15)12-13-23-19(22)16-10-6-3-7-11-16/h2-11,17H,12-14H2,1H3,(H,20,21). The average Bonchev–Trinajstić information content (AvgIpc) is 2.65. The van der Waals surface area contributed by atoms with Gasteiger partial charge >= 0.3 is 5.97 Å². The van der Waals surface area contributed by atoms with Gasteiger partial charge in [-0.15, -0.1) is 0 Å².